The fourth-order valence-electron chi connectivity index (χ4n) is 1.14. The second-order valence-corrected chi connectivity index (χ2v) is 24.3. The van der Waals surface area contributed by atoms with Crippen LogP contribution in [-0.2, 0) is 0 Å². The molecule has 15 heavy (non-hydrogen) atoms. The molecule has 90 valence electrons. The van der Waals surface area contributed by atoms with Crippen molar-refractivity contribution in [2.24, 2.45) is 0 Å². The van der Waals surface area contributed by atoms with Crippen molar-refractivity contribution in [2.75, 3.05) is 0 Å². The SMILES string of the molecule is C[Se](C)(C)c1sc([Se](C)(C)C)c(F)c1F. The Kier molecular flexibility index (Phi) is 3.75. The molecule has 0 spiro atoms. The minimum atomic E-state index is -1.92. The topological polar surface area (TPSA) is 0 Å². The zero-order valence-electron chi connectivity index (χ0n) is 9.98. The molecule has 1 aromatic heterocycles. The van der Waals surface area contributed by atoms with Crippen molar-refractivity contribution in [3.8, 4) is 0 Å². The maximum absolute atomic E-state index is 13.7. The van der Waals surface area contributed by atoms with Crippen LogP contribution in [0.15, 0.2) is 0 Å². The number of thiophene rings is 1. The molecule has 1 aromatic rings. The summed E-state index contributed by atoms with van der Waals surface area (Å²) in [5.41, 5.74) is 0. The maximum atomic E-state index is 13.7. The summed E-state index contributed by atoms with van der Waals surface area (Å²) >= 11 is -2.45. The molecule has 0 aromatic carbocycles. The summed E-state index contributed by atoms with van der Waals surface area (Å²) < 4.78 is 28.9. The Morgan fingerprint density at radius 2 is 1.00 bits per heavy atom. The van der Waals surface area contributed by atoms with Crippen molar-refractivity contribution in [2.45, 2.75) is 34.9 Å². The summed E-state index contributed by atoms with van der Waals surface area (Å²) in [4.78, 5) is 0. The third-order valence-corrected chi connectivity index (χ3v) is 14.2. The van der Waals surface area contributed by atoms with E-state index in [0.717, 1.165) is 0 Å². The number of rotatable bonds is 2. The Hall–Kier alpha value is 0.599. The first-order chi connectivity index (χ1) is 6.55. The molecule has 0 bridgehead atoms. The Balaban J connectivity index is 3.38. The van der Waals surface area contributed by atoms with Gasteiger partial charge < -0.3 is 0 Å². The number of hydrogen-bond acceptors (Lipinski definition) is 1. The van der Waals surface area contributed by atoms with E-state index in [1.165, 1.54) is 11.3 Å². The van der Waals surface area contributed by atoms with Gasteiger partial charge in [0.1, 0.15) is 0 Å². The van der Waals surface area contributed by atoms with Crippen LogP contribution < -0.4 is 7.55 Å². The van der Waals surface area contributed by atoms with Crippen LogP contribution in [-0.4, -0.2) is 25.7 Å². The van der Waals surface area contributed by atoms with Crippen molar-refractivity contribution in [1.82, 2.24) is 0 Å². The summed E-state index contributed by atoms with van der Waals surface area (Å²) in [7, 11) is 0. The van der Waals surface area contributed by atoms with Gasteiger partial charge in [-0.2, -0.15) is 0 Å². The molecular weight excluding hydrogens is 348 g/mol. The molecule has 0 N–H and O–H groups in total. The van der Waals surface area contributed by atoms with Gasteiger partial charge >= 0.3 is 99.9 Å². The van der Waals surface area contributed by atoms with Crippen LogP contribution in [0.4, 0.5) is 8.78 Å². The van der Waals surface area contributed by atoms with E-state index >= 15 is 0 Å². The Morgan fingerprint density at radius 1 is 0.733 bits per heavy atom. The Labute approximate surface area is 99.5 Å². The van der Waals surface area contributed by atoms with Gasteiger partial charge in [-0.05, 0) is 0 Å². The first-order valence-electron chi connectivity index (χ1n) is 4.39. The second-order valence-electron chi connectivity index (χ2n) is 4.98. The molecule has 0 unspecified atom stereocenters. The van der Waals surface area contributed by atoms with Crippen LogP contribution in [0.5, 0.6) is 0 Å². The third-order valence-electron chi connectivity index (χ3n) is 1.85. The summed E-state index contributed by atoms with van der Waals surface area (Å²) in [6, 6.07) is 0. The van der Waals surface area contributed by atoms with E-state index < -0.39 is 37.3 Å². The molecule has 0 saturated heterocycles. The van der Waals surface area contributed by atoms with Crippen LogP contribution in [0.3, 0.4) is 0 Å². The van der Waals surface area contributed by atoms with Gasteiger partial charge in [0.05, 0.1) is 0 Å². The zero-order valence-corrected chi connectivity index (χ0v) is 14.2. The first kappa shape index (κ1) is 13.7. The number of hydrogen-bond donors (Lipinski definition) is 0. The summed E-state index contributed by atoms with van der Waals surface area (Å²) in [5.74, 6) is 11.3. The first-order valence-corrected chi connectivity index (χ1v) is 17.2. The predicted molar refractivity (Wildman–Crippen MR) is 70.2 cm³/mol. The van der Waals surface area contributed by atoms with Crippen molar-refractivity contribution >= 4 is 44.6 Å². The quantitative estimate of drug-likeness (QED) is 0.706. The third kappa shape index (κ3) is 2.83. The fourth-order valence-corrected chi connectivity index (χ4v) is 9.80. The molecule has 0 nitrogen and oxygen atoms in total. The molecule has 0 aliphatic carbocycles. The van der Waals surface area contributed by atoms with Gasteiger partial charge in [0.25, 0.3) is 0 Å². The fraction of sp³-hybridized carbons (Fsp3) is 0.600. The summed E-state index contributed by atoms with van der Waals surface area (Å²) in [6.07, 6.45) is 0. The number of halogens is 2. The molecule has 0 radical (unpaired) electrons. The molecular formula is C10H18F2SSe2. The molecule has 0 aliphatic heterocycles. The van der Waals surface area contributed by atoms with E-state index in [0.29, 0.717) is 7.55 Å². The van der Waals surface area contributed by atoms with Crippen LogP contribution in [0, 0.1) is 11.6 Å². The van der Waals surface area contributed by atoms with E-state index in [9.17, 15) is 8.78 Å². The van der Waals surface area contributed by atoms with E-state index in [-0.39, 0.29) is 0 Å². The van der Waals surface area contributed by atoms with Gasteiger partial charge in [-0.1, -0.05) is 0 Å². The minimum absolute atomic E-state index is 0.561. The van der Waals surface area contributed by atoms with E-state index in [2.05, 4.69) is 34.9 Å². The van der Waals surface area contributed by atoms with Gasteiger partial charge in [0.15, 0.2) is 0 Å². The zero-order chi connectivity index (χ0) is 12.0. The van der Waals surface area contributed by atoms with Crippen LogP contribution in [0.25, 0.3) is 0 Å². The molecule has 0 amide bonds. The van der Waals surface area contributed by atoms with E-state index in [1.54, 1.807) is 0 Å². The molecule has 0 fully saturated rings. The molecule has 0 saturated carbocycles. The van der Waals surface area contributed by atoms with Gasteiger partial charge in [-0.15, -0.1) is 0 Å². The Morgan fingerprint density at radius 3 is 1.13 bits per heavy atom. The van der Waals surface area contributed by atoms with Gasteiger partial charge in [0, 0.05) is 0 Å². The van der Waals surface area contributed by atoms with E-state index in [1.807, 2.05) is 0 Å². The van der Waals surface area contributed by atoms with Crippen molar-refractivity contribution < 1.29 is 8.78 Å². The van der Waals surface area contributed by atoms with Crippen LogP contribution in [0.2, 0.25) is 34.9 Å². The molecule has 0 atom stereocenters. The standard InChI is InChI=1S/C10H18F2SSe2/c1-14(2,3)9-7(11)8(12)10(13-9)15(4,5)6/h1-6H3. The molecule has 5 heteroatoms. The molecule has 0 aliphatic rings. The van der Waals surface area contributed by atoms with Gasteiger partial charge in [-0.3, -0.25) is 0 Å². The van der Waals surface area contributed by atoms with Gasteiger partial charge in [0.2, 0.25) is 0 Å². The summed E-state index contributed by atoms with van der Waals surface area (Å²) in [5, 5.41) is 0. The predicted octanol–water partition coefficient (Wildman–Crippen LogP) is 3.12. The van der Waals surface area contributed by atoms with Gasteiger partial charge in [-0.25, -0.2) is 0 Å². The van der Waals surface area contributed by atoms with Crippen molar-refractivity contribution in [3.05, 3.63) is 11.6 Å². The summed E-state index contributed by atoms with van der Waals surface area (Å²) in [6.45, 7) is 0. The van der Waals surface area contributed by atoms with Crippen LogP contribution >= 0.6 is 11.3 Å². The average molecular weight is 366 g/mol. The molecule has 1 rings (SSSR count). The van der Waals surface area contributed by atoms with Crippen LogP contribution in [0.1, 0.15) is 0 Å². The van der Waals surface area contributed by atoms with Crippen molar-refractivity contribution in [1.29, 1.82) is 0 Å². The normalized spacial score (nSPS) is 15.5. The van der Waals surface area contributed by atoms with Crippen molar-refractivity contribution in [3.63, 3.8) is 0 Å². The molecule has 1 heterocycles. The monoisotopic (exact) mass is 368 g/mol. The Bertz CT molecular complexity index is 337. The average Bonchev–Trinajstić information content (AvgIpc) is 2.26. The van der Waals surface area contributed by atoms with E-state index in [4.69, 9.17) is 0 Å². The second kappa shape index (κ2) is 4.12.